The molecule has 1 aromatic carbocycles. The van der Waals surface area contributed by atoms with E-state index in [1.807, 2.05) is 0 Å². The number of ether oxygens (including phenoxy) is 2. The highest BCUT2D eigenvalue weighted by Crippen LogP contribution is 2.24. The van der Waals surface area contributed by atoms with Crippen molar-refractivity contribution in [3.05, 3.63) is 23.8 Å². The Balaban J connectivity index is 3.24. The van der Waals surface area contributed by atoms with Gasteiger partial charge in [-0.2, -0.15) is 4.99 Å². The smallest absolute Gasteiger partial charge is 0.341 e. The second-order valence-electron chi connectivity index (χ2n) is 2.58. The Hall–Kier alpha value is -1.71. The highest BCUT2D eigenvalue weighted by atomic mass is 32.1. The number of esters is 1. The maximum Gasteiger partial charge on any atom is 0.341 e. The van der Waals surface area contributed by atoms with Crippen LogP contribution >= 0.6 is 12.2 Å². The summed E-state index contributed by atoms with van der Waals surface area (Å²) in [5.74, 6) is -0.0431. The van der Waals surface area contributed by atoms with E-state index in [1.54, 1.807) is 12.1 Å². The van der Waals surface area contributed by atoms with Crippen molar-refractivity contribution in [2.24, 2.45) is 4.99 Å². The topological polar surface area (TPSA) is 47.9 Å². The van der Waals surface area contributed by atoms with E-state index in [1.165, 1.54) is 20.3 Å². The maximum atomic E-state index is 11.4. The fourth-order valence-electron chi connectivity index (χ4n) is 1.09. The molecule has 0 aliphatic carbocycles. The van der Waals surface area contributed by atoms with Crippen LogP contribution in [0, 0.1) is 0 Å². The molecule has 1 aromatic rings. The highest BCUT2D eigenvalue weighted by molar-refractivity contribution is 7.78. The molecule has 0 unspecified atom stereocenters. The van der Waals surface area contributed by atoms with Gasteiger partial charge in [0.05, 0.1) is 25.1 Å². The van der Waals surface area contributed by atoms with E-state index in [2.05, 4.69) is 27.1 Å². The largest absolute Gasteiger partial charge is 0.496 e. The monoisotopic (exact) mass is 223 g/mol. The number of thiocarbonyl (C=S) groups is 1. The minimum atomic E-state index is -0.478. The van der Waals surface area contributed by atoms with Gasteiger partial charge in [0.25, 0.3) is 0 Å². The molecule has 0 N–H and O–H groups in total. The first-order valence-electron chi connectivity index (χ1n) is 4.07. The van der Waals surface area contributed by atoms with Crippen molar-refractivity contribution < 1.29 is 14.3 Å². The third-order valence-electron chi connectivity index (χ3n) is 1.76. The number of hydrogen-bond acceptors (Lipinski definition) is 5. The SMILES string of the molecule is COC(=O)c1cc(N=C=S)ccc1OC. The fraction of sp³-hybridized carbons (Fsp3) is 0.200. The van der Waals surface area contributed by atoms with Gasteiger partial charge >= 0.3 is 5.97 Å². The molecule has 0 fully saturated rings. The summed E-state index contributed by atoms with van der Waals surface area (Å²) in [6.45, 7) is 0. The fourth-order valence-corrected chi connectivity index (χ4v) is 1.19. The second kappa shape index (κ2) is 5.24. The number of nitrogens with zero attached hydrogens (tertiary/aromatic N) is 1. The van der Waals surface area contributed by atoms with Crippen molar-refractivity contribution in [1.29, 1.82) is 0 Å². The molecule has 0 spiro atoms. The normalized spacial score (nSPS) is 8.93. The zero-order valence-corrected chi connectivity index (χ0v) is 9.13. The van der Waals surface area contributed by atoms with E-state index in [4.69, 9.17) is 4.74 Å². The summed E-state index contributed by atoms with van der Waals surface area (Å²) in [5.41, 5.74) is 0.845. The minimum Gasteiger partial charge on any atom is -0.496 e. The number of hydrogen-bond donors (Lipinski definition) is 0. The molecule has 0 aromatic heterocycles. The first-order chi connectivity index (χ1) is 7.22. The number of carbonyl (C=O) groups excluding carboxylic acids is 1. The molecule has 0 atom stereocenters. The summed E-state index contributed by atoms with van der Waals surface area (Å²) in [6, 6.07) is 4.83. The van der Waals surface area contributed by atoms with E-state index in [0.29, 0.717) is 17.0 Å². The van der Waals surface area contributed by atoms with E-state index in [0.717, 1.165) is 0 Å². The average molecular weight is 223 g/mol. The standard InChI is InChI=1S/C10H9NO3S/c1-13-9-4-3-7(11-6-15)5-8(9)10(12)14-2/h3-5H,1-2H3. The van der Waals surface area contributed by atoms with E-state index >= 15 is 0 Å². The predicted octanol–water partition coefficient (Wildman–Crippen LogP) is 2.22. The Bertz CT molecular complexity index is 425. The third-order valence-corrected chi connectivity index (χ3v) is 1.85. The quantitative estimate of drug-likeness (QED) is 0.448. The minimum absolute atomic E-state index is 0.312. The molecule has 0 saturated carbocycles. The van der Waals surface area contributed by atoms with Crippen LogP contribution in [0.1, 0.15) is 10.4 Å². The van der Waals surface area contributed by atoms with Gasteiger partial charge < -0.3 is 9.47 Å². The summed E-state index contributed by atoms with van der Waals surface area (Å²) in [7, 11) is 2.78. The van der Waals surface area contributed by atoms with Crippen LogP contribution in [0.5, 0.6) is 5.75 Å². The molecule has 0 amide bonds. The summed E-state index contributed by atoms with van der Waals surface area (Å²) in [4.78, 5) is 15.1. The molecular weight excluding hydrogens is 214 g/mol. The van der Waals surface area contributed by atoms with Crippen LogP contribution in [0.3, 0.4) is 0 Å². The molecule has 4 nitrogen and oxygen atoms in total. The zero-order chi connectivity index (χ0) is 11.3. The summed E-state index contributed by atoms with van der Waals surface area (Å²) >= 11 is 4.47. The predicted molar refractivity (Wildman–Crippen MR) is 59.0 cm³/mol. The lowest BCUT2D eigenvalue weighted by Gasteiger charge is -2.06. The lowest BCUT2D eigenvalue weighted by molar-refractivity contribution is 0.0597. The number of aliphatic imine (C=N–C) groups is 1. The number of isothiocyanates is 1. The van der Waals surface area contributed by atoms with E-state index in [9.17, 15) is 4.79 Å². The third kappa shape index (κ3) is 2.62. The molecular formula is C10H9NO3S. The van der Waals surface area contributed by atoms with Crippen molar-refractivity contribution in [3.8, 4) is 5.75 Å². The molecule has 78 valence electrons. The van der Waals surface area contributed by atoms with Crippen LogP contribution < -0.4 is 4.74 Å². The van der Waals surface area contributed by atoms with Gasteiger partial charge in [-0.05, 0) is 30.4 Å². The first kappa shape index (κ1) is 11.4. The maximum absolute atomic E-state index is 11.4. The van der Waals surface area contributed by atoms with Gasteiger partial charge in [-0.3, -0.25) is 0 Å². The van der Waals surface area contributed by atoms with Crippen LogP contribution in [0.25, 0.3) is 0 Å². The van der Waals surface area contributed by atoms with Crippen LogP contribution in [0.15, 0.2) is 23.2 Å². The van der Waals surface area contributed by atoms with Crippen LogP contribution in [-0.2, 0) is 4.74 Å². The summed E-state index contributed by atoms with van der Waals surface area (Å²) < 4.78 is 9.62. The Morgan fingerprint density at radius 1 is 1.47 bits per heavy atom. The van der Waals surface area contributed by atoms with Gasteiger partial charge in [0.1, 0.15) is 11.3 Å². The molecule has 0 radical (unpaired) electrons. The number of benzene rings is 1. The Morgan fingerprint density at radius 2 is 2.20 bits per heavy atom. The first-order valence-corrected chi connectivity index (χ1v) is 4.48. The van der Waals surface area contributed by atoms with Gasteiger partial charge in [-0.1, -0.05) is 0 Å². The summed E-state index contributed by atoms with van der Waals surface area (Å²) in [6.07, 6.45) is 0. The molecule has 1 rings (SSSR count). The average Bonchev–Trinajstić information content (AvgIpc) is 2.28. The van der Waals surface area contributed by atoms with Crippen molar-refractivity contribution >= 4 is 29.0 Å². The lowest BCUT2D eigenvalue weighted by atomic mass is 10.2. The number of rotatable bonds is 3. The van der Waals surface area contributed by atoms with Gasteiger partial charge in [-0.25, -0.2) is 4.79 Å². The summed E-state index contributed by atoms with van der Waals surface area (Å²) in [5, 5.41) is 2.22. The van der Waals surface area contributed by atoms with Crippen molar-refractivity contribution in [3.63, 3.8) is 0 Å². The van der Waals surface area contributed by atoms with Gasteiger partial charge in [0.15, 0.2) is 0 Å². The van der Waals surface area contributed by atoms with Crippen LogP contribution in [0.2, 0.25) is 0 Å². The zero-order valence-electron chi connectivity index (χ0n) is 8.31. The highest BCUT2D eigenvalue weighted by Gasteiger charge is 2.12. The molecule has 0 heterocycles. The molecule has 0 aliphatic heterocycles. The van der Waals surface area contributed by atoms with Crippen LogP contribution in [0.4, 0.5) is 5.69 Å². The molecule has 15 heavy (non-hydrogen) atoms. The molecule has 5 heteroatoms. The van der Waals surface area contributed by atoms with Crippen molar-refractivity contribution in [2.75, 3.05) is 14.2 Å². The van der Waals surface area contributed by atoms with E-state index < -0.39 is 5.97 Å². The Kier molecular flexibility index (Phi) is 3.97. The Labute approximate surface area is 92.5 Å². The molecule has 0 saturated heterocycles. The van der Waals surface area contributed by atoms with Crippen LogP contribution in [-0.4, -0.2) is 25.4 Å². The molecule has 0 aliphatic rings. The van der Waals surface area contributed by atoms with E-state index in [-0.39, 0.29) is 0 Å². The van der Waals surface area contributed by atoms with Crippen molar-refractivity contribution in [1.82, 2.24) is 0 Å². The Morgan fingerprint density at radius 3 is 2.73 bits per heavy atom. The van der Waals surface area contributed by atoms with Gasteiger partial charge in [-0.15, -0.1) is 0 Å². The van der Waals surface area contributed by atoms with Gasteiger partial charge in [0.2, 0.25) is 0 Å². The number of carbonyl (C=O) groups is 1. The lowest BCUT2D eigenvalue weighted by Crippen LogP contribution is -2.03. The van der Waals surface area contributed by atoms with Crippen molar-refractivity contribution in [2.45, 2.75) is 0 Å². The second-order valence-corrected chi connectivity index (χ2v) is 2.76. The van der Waals surface area contributed by atoms with Gasteiger partial charge in [0, 0.05) is 0 Å². The number of methoxy groups -OCH3 is 2. The molecule has 0 bridgehead atoms.